The molecule has 10 aliphatic heterocycles. The number of anilines is 5. The second-order valence-corrected chi connectivity index (χ2v) is 38.3. The van der Waals surface area contributed by atoms with Gasteiger partial charge >= 0.3 is 0 Å². The molecule has 6 aromatic rings. The monoisotopic (exact) mass is 1540 g/mol. The number of rotatable bonds is 17. The molecule has 5 aliphatic carbocycles. The average Bonchev–Trinajstić information content (AvgIpc) is 1.58. The topological polar surface area (TPSA) is 128 Å². The number of fused-ring (bicyclic) bond motifs is 5. The molecular weight excluding hydrogens is 1410 g/mol. The van der Waals surface area contributed by atoms with Crippen molar-refractivity contribution in [1.82, 2.24) is 39.4 Å². The maximum atomic E-state index is 12.9. The van der Waals surface area contributed by atoms with Crippen LogP contribution in [0, 0.1) is 36.5 Å². The van der Waals surface area contributed by atoms with Crippen molar-refractivity contribution in [2.24, 2.45) is 29.6 Å². The summed E-state index contributed by atoms with van der Waals surface area (Å²) in [5.74, 6) is 4.88. The van der Waals surface area contributed by atoms with Gasteiger partial charge in [0.25, 0.3) is 0 Å². The van der Waals surface area contributed by atoms with E-state index in [-0.39, 0.29) is 11.8 Å². The van der Waals surface area contributed by atoms with Crippen molar-refractivity contribution in [3.8, 4) is 0 Å². The van der Waals surface area contributed by atoms with E-state index in [0.29, 0.717) is 58.1 Å². The number of aryl methyl sites for hydroxylation is 1. The van der Waals surface area contributed by atoms with Crippen molar-refractivity contribution in [3.63, 3.8) is 0 Å². The second kappa shape index (κ2) is 32.2. The van der Waals surface area contributed by atoms with E-state index in [9.17, 15) is 18.0 Å². The van der Waals surface area contributed by atoms with Gasteiger partial charge in [0, 0.05) is 199 Å². The van der Waals surface area contributed by atoms with Crippen LogP contribution in [0.15, 0.2) is 150 Å². The van der Waals surface area contributed by atoms with Gasteiger partial charge in [-0.1, -0.05) is 99.1 Å². The number of carbonyl (C=O) groups is 2. The van der Waals surface area contributed by atoms with Gasteiger partial charge in [0.1, 0.15) is 0 Å². The lowest BCUT2D eigenvalue weighted by atomic mass is 9.94. The number of hydrogen-bond acceptors (Lipinski definition) is 14. The van der Waals surface area contributed by atoms with Crippen LogP contribution in [-0.4, -0.2) is 239 Å². The van der Waals surface area contributed by atoms with Crippen molar-refractivity contribution in [3.05, 3.63) is 179 Å². The number of piperidine rings is 7. The van der Waals surface area contributed by atoms with Crippen molar-refractivity contribution in [2.45, 2.75) is 144 Å². The Morgan fingerprint density at radius 2 is 0.643 bits per heavy atom. The minimum atomic E-state index is -3.41. The molecule has 18 heteroatoms. The Morgan fingerprint density at radius 3 is 0.929 bits per heavy atom. The standard InChI is InChI=1S/C24H31N3O2S.C19H27N3O.C18H26N2.C17H23N3O.C16H22N2/c1-3-25-17-21-16-24(21,18-25)20-6-8-22(9-7-20)26-12-14-27(15-13-26)30(28,29)23-10-4-19(2)5-11-23;1-3-20-12-16-11-19(16,14-20)15-5-7-17(8-6-15)22-10-9-21(4-2)18(23)13-22;1-2-19-13-16-12-18(16,14-19)15-6-8-17(9-7-15)20-10-4-3-5-11-20;1-2-19-7-8-20(11-16(19)21)15-5-3-13(4-6-15)17-9-14(17)10-18-12-17;1-2-8-18(9-3-1)15-6-4-13(5-7-15)16-10-14(16)11-17-12-16/h4-11,21H,3,12-18H2,1-2H3;5-8,16H,3-4,9-14H2,1-2H3;6-9,16H,2-5,10-14H2,1H3;3-6,14,18H,2,7-12H2,1H3;4-7,14,17H,1-3,8-12H2. The Kier molecular flexibility index (Phi) is 22.3. The van der Waals surface area contributed by atoms with Crippen LogP contribution in [0.3, 0.4) is 0 Å². The molecule has 0 aromatic heterocycles. The second-order valence-electron chi connectivity index (χ2n) is 36.4. The lowest BCUT2D eigenvalue weighted by molar-refractivity contribution is -0.131. The molecule has 10 heterocycles. The minimum absolute atomic E-state index is 0.244. The number of amides is 2. The van der Waals surface area contributed by atoms with Gasteiger partial charge in [-0.05, 0) is 254 Å². The fourth-order valence-corrected chi connectivity index (χ4v) is 23.7. The van der Waals surface area contributed by atoms with Crippen molar-refractivity contribution in [2.75, 3.05) is 214 Å². The molecule has 112 heavy (non-hydrogen) atoms. The van der Waals surface area contributed by atoms with Crippen LogP contribution in [0.5, 0.6) is 0 Å². The van der Waals surface area contributed by atoms with Crippen LogP contribution in [0.1, 0.15) is 139 Å². The molecule has 0 radical (unpaired) electrons. The van der Waals surface area contributed by atoms with Gasteiger partial charge in [0.15, 0.2) is 0 Å². The summed E-state index contributed by atoms with van der Waals surface area (Å²) in [5, 5.41) is 7.02. The zero-order valence-electron chi connectivity index (χ0n) is 68.5. The largest absolute Gasteiger partial charge is 0.372 e. The Labute approximate surface area is 670 Å². The third-order valence-electron chi connectivity index (χ3n) is 30.2. The van der Waals surface area contributed by atoms with Gasteiger partial charge in [-0.2, -0.15) is 4.31 Å². The van der Waals surface area contributed by atoms with Crippen LogP contribution in [0.2, 0.25) is 0 Å². The third kappa shape index (κ3) is 15.5. The highest BCUT2D eigenvalue weighted by Crippen LogP contribution is 2.62. The summed E-state index contributed by atoms with van der Waals surface area (Å²) in [6, 6.07) is 53.3. The smallest absolute Gasteiger partial charge is 0.243 e. The number of likely N-dealkylation sites (N-methyl/N-ethyl adjacent to an activating group) is 5. The predicted molar refractivity (Wildman–Crippen MR) is 456 cm³/mol. The number of nitrogens with zero attached hydrogens (tertiary/aromatic N) is 11. The van der Waals surface area contributed by atoms with Crippen LogP contribution >= 0.6 is 0 Å². The zero-order chi connectivity index (χ0) is 77.0. The molecule has 0 spiro atoms. The quantitative estimate of drug-likeness (QED) is 0.0899. The molecule has 21 rings (SSSR count). The maximum Gasteiger partial charge on any atom is 0.243 e. The van der Waals surface area contributed by atoms with Gasteiger partial charge in [-0.3, -0.25) is 9.59 Å². The molecular formula is C94H129N13O4S. The van der Waals surface area contributed by atoms with Crippen molar-refractivity contribution >= 4 is 50.3 Å². The summed E-state index contributed by atoms with van der Waals surface area (Å²) in [7, 11) is -3.41. The summed E-state index contributed by atoms with van der Waals surface area (Å²) in [6.45, 7) is 42.4. The van der Waals surface area contributed by atoms with E-state index in [2.05, 4.69) is 199 Å². The van der Waals surface area contributed by atoms with Crippen LogP contribution in [-0.2, 0) is 46.7 Å². The molecule has 0 bridgehead atoms. The van der Waals surface area contributed by atoms with E-state index in [1.165, 1.54) is 214 Å². The lowest BCUT2D eigenvalue weighted by Gasteiger charge is -2.35. The molecule has 2 amide bonds. The molecule has 17 nitrogen and oxygen atoms in total. The molecule has 10 saturated heterocycles. The van der Waals surface area contributed by atoms with E-state index in [4.69, 9.17) is 0 Å². The van der Waals surface area contributed by atoms with E-state index in [0.717, 1.165) is 101 Å². The van der Waals surface area contributed by atoms with Crippen LogP contribution in [0.25, 0.3) is 0 Å². The van der Waals surface area contributed by atoms with Gasteiger partial charge in [-0.15, -0.1) is 0 Å². The predicted octanol–water partition coefficient (Wildman–Crippen LogP) is 12.1. The van der Waals surface area contributed by atoms with Gasteiger partial charge < -0.3 is 59.6 Å². The fraction of sp³-hybridized carbons (Fsp3) is 0.596. The first-order valence-corrected chi connectivity index (χ1v) is 45.4. The molecule has 10 unspecified atom stereocenters. The highest BCUT2D eigenvalue weighted by Gasteiger charge is 2.63. The lowest BCUT2D eigenvalue weighted by Crippen LogP contribution is -2.50. The van der Waals surface area contributed by atoms with E-state index in [1.807, 2.05) is 35.8 Å². The van der Waals surface area contributed by atoms with E-state index in [1.54, 1.807) is 27.6 Å². The number of likely N-dealkylation sites (tertiary alicyclic amines) is 3. The number of sulfonamides is 1. The summed E-state index contributed by atoms with van der Waals surface area (Å²) < 4.78 is 27.5. The van der Waals surface area contributed by atoms with E-state index >= 15 is 0 Å². The first kappa shape index (κ1) is 77.5. The number of piperazine rings is 3. The minimum Gasteiger partial charge on any atom is -0.372 e. The number of hydrogen-bond donors (Lipinski definition) is 2. The molecule has 15 aliphatic rings. The Bertz CT molecular complexity index is 4340. The molecule has 5 saturated carbocycles. The first-order chi connectivity index (χ1) is 54.5. The van der Waals surface area contributed by atoms with Gasteiger partial charge in [0.05, 0.1) is 18.0 Å². The third-order valence-corrected chi connectivity index (χ3v) is 32.1. The van der Waals surface area contributed by atoms with E-state index < -0.39 is 10.0 Å². The van der Waals surface area contributed by atoms with Gasteiger partial charge in [-0.25, -0.2) is 8.42 Å². The maximum absolute atomic E-state index is 12.9. The molecule has 2 N–H and O–H groups in total. The highest BCUT2D eigenvalue weighted by atomic mass is 32.2. The normalized spacial score (nSPS) is 31.0. The summed E-state index contributed by atoms with van der Waals surface area (Å²) in [6.07, 6.45) is 15.1. The molecule has 600 valence electrons. The van der Waals surface area contributed by atoms with Gasteiger partial charge in [0.2, 0.25) is 21.8 Å². The molecule has 6 aromatic carbocycles. The Hall–Kier alpha value is -7.03. The number of benzene rings is 6. The molecule has 10 atom stereocenters. The Morgan fingerprint density at radius 1 is 0.339 bits per heavy atom. The SMILES string of the molecule is CCN1CC2CC2(c2ccc(N3CCCCC3)cc2)C1.CCN1CC2CC2(c2ccc(N3CCN(CC)C(=O)C3)cc2)C1.CCN1CC2CC2(c2ccc(N3CCN(S(=O)(=O)c4ccc(C)cc4)CC3)cc2)C1.CCN1CCN(c2ccc(C34CNCC3C4)cc2)CC1=O.c1cc(C23CNCC2C3)ccc1N1CCCCC1. The fourth-order valence-electron chi connectivity index (χ4n) is 22.3. The summed E-state index contributed by atoms with van der Waals surface area (Å²) in [5.41, 5.74) is 17.4. The number of carbonyl (C=O) groups excluding carboxylic acids is 2. The first-order valence-electron chi connectivity index (χ1n) is 44.0. The highest BCUT2D eigenvalue weighted by molar-refractivity contribution is 7.89. The number of nitrogens with one attached hydrogen (secondary N) is 2. The molecule has 15 fully saturated rings. The summed E-state index contributed by atoms with van der Waals surface area (Å²) >= 11 is 0. The average molecular weight is 1540 g/mol. The van der Waals surface area contributed by atoms with Crippen molar-refractivity contribution in [1.29, 1.82) is 0 Å². The van der Waals surface area contributed by atoms with Crippen molar-refractivity contribution < 1.29 is 18.0 Å². The Balaban J connectivity index is 0.000000103. The zero-order valence-corrected chi connectivity index (χ0v) is 69.3. The van der Waals surface area contributed by atoms with Crippen LogP contribution < -0.4 is 35.1 Å². The summed E-state index contributed by atoms with van der Waals surface area (Å²) in [4.78, 5) is 48.0. The van der Waals surface area contributed by atoms with Crippen LogP contribution in [0.4, 0.5) is 28.4 Å².